The lowest BCUT2D eigenvalue weighted by Gasteiger charge is -2.18. The molecule has 1 saturated heterocycles. The molecule has 4 heteroatoms. The lowest BCUT2D eigenvalue weighted by Crippen LogP contribution is -2.27. The van der Waals surface area contributed by atoms with Crippen LogP contribution in [0.25, 0.3) is 0 Å². The molecule has 2 unspecified atom stereocenters. The van der Waals surface area contributed by atoms with E-state index in [1.165, 1.54) is 5.56 Å². The van der Waals surface area contributed by atoms with Crippen LogP contribution < -0.4 is 9.47 Å². The second kappa shape index (κ2) is 6.78. The summed E-state index contributed by atoms with van der Waals surface area (Å²) in [5, 5.41) is 10.0. The van der Waals surface area contributed by atoms with E-state index in [1.807, 2.05) is 18.2 Å². The zero-order valence-corrected chi connectivity index (χ0v) is 11.6. The second-order valence-corrected chi connectivity index (χ2v) is 4.84. The zero-order chi connectivity index (χ0) is 13.7. The fourth-order valence-corrected chi connectivity index (χ4v) is 2.22. The Balaban J connectivity index is 1.94. The van der Waals surface area contributed by atoms with E-state index in [1.54, 1.807) is 7.11 Å². The molecule has 1 aromatic rings. The van der Waals surface area contributed by atoms with Crippen LogP contribution in [0.2, 0.25) is 0 Å². The summed E-state index contributed by atoms with van der Waals surface area (Å²) >= 11 is 0. The minimum Gasteiger partial charge on any atom is -0.493 e. The van der Waals surface area contributed by atoms with Gasteiger partial charge in [0.2, 0.25) is 0 Å². The molecule has 0 radical (unpaired) electrons. The highest BCUT2D eigenvalue weighted by atomic mass is 16.5. The summed E-state index contributed by atoms with van der Waals surface area (Å²) in [5.41, 5.74) is 1.20. The summed E-state index contributed by atoms with van der Waals surface area (Å²) in [6.07, 6.45) is 1.37. The van der Waals surface area contributed by atoms with Crippen LogP contribution >= 0.6 is 0 Å². The quantitative estimate of drug-likeness (QED) is 0.856. The molecule has 19 heavy (non-hydrogen) atoms. The van der Waals surface area contributed by atoms with Gasteiger partial charge < -0.3 is 19.3 Å². The molecule has 2 atom stereocenters. The maximum Gasteiger partial charge on any atom is 0.161 e. The monoisotopic (exact) mass is 266 g/mol. The SMILES string of the molecule is CCc1ccc(OCC(O)C2CCOC2)c(OC)c1. The van der Waals surface area contributed by atoms with Gasteiger partial charge in [-0.1, -0.05) is 13.0 Å². The van der Waals surface area contributed by atoms with Gasteiger partial charge >= 0.3 is 0 Å². The molecule has 0 saturated carbocycles. The van der Waals surface area contributed by atoms with Crippen molar-refractivity contribution in [1.29, 1.82) is 0 Å². The topological polar surface area (TPSA) is 47.9 Å². The van der Waals surface area contributed by atoms with E-state index in [9.17, 15) is 5.11 Å². The van der Waals surface area contributed by atoms with Crippen molar-refractivity contribution in [1.82, 2.24) is 0 Å². The molecule has 1 aliphatic heterocycles. The second-order valence-electron chi connectivity index (χ2n) is 4.84. The number of methoxy groups -OCH3 is 1. The molecule has 0 amide bonds. The van der Waals surface area contributed by atoms with Crippen LogP contribution in [0.4, 0.5) is 0 Å². The number of hydrogen-bond acceptors (Lipinski definition) is 4. The average Bonchev–Trinajstić information content (AvgIpc) is 2.98. The molecule has 0 spiro atoms. The third kappa shape index (κ3) is 3.61. The molecule has 2 rings (SSSR count). The van der Waals surface area contributed by atoms with Gasteiger partial charge in [0.15, 0.2) is 11.5 Å². The smallest absolute Gasteiger partial charge is 0.161 e. The first kappa shape index (κ1) is 14.2. The van der Waals surface area contributed by atoms with Gasteiger partial charge in [-0.05, 0) is 30.5 Å². The lowest BCUT2D eigenvalue weighted by molar-refractivity contribution is 0.0491. The largest absolute Gasteiger partial charge is 0.493 e. The average molecular weight is 266 g/mol. The highest BCUT2D eigenvalue weighted by Crippen LogP contribution is 2.29. The number of aryl methyl sites for hydroxylation is 1. The van der Waals surface area contributed by atoms with E-state index in [0.717, 1.165) is 19.4 Å². The Morgan fingerprint density at radius 1 is 1.42 bits per heavy atom. The molecular weight excluding hydrogens is 244 g/mol. The fraction of sp³-hybridized carbons (Fsp3) is 0.600. The molecule has 106 valence electrons. The first-order valence-corrected chi connectivity index (χ1v) is 6.80. The highest BCUT2D eigenvalue weighted by molar-refractivity contribution is 5.42. The van der Waals surface area contributed by atoms with Gasteiger partial charge in [-0.3, -0.25) is 0 Å². The Morgan fingerprint density at radius 3 is 2.89 bits per heavy atom. The van der Waals surface area contributed by atoms with Crippen LogP contribution in [0.15, 0.2) is 18.2 Å². The summed E-state index contributed by atoms with van der Waals surface area (Å²) < 4.78 is 16.3. The standard InChI is InChI=1S/C15H22O4/c1-3-11-4-5-14(15(8-11)17-2)19-10-13(16)12-6-7-18-9-12/h4-5,8,12-13,16H,3,6-7,9-10H2,1-2H3. The maximum atomic E-state index is 10.0. The number of benzene rings is 1. The Bertz CT molecular complexity index is 399. The van der Waals surface area contributed by atoms with Crippen molar-refractivity contribution in [3.8, 4) is 11.5 Å². The lowest BCUT2D eigenvalue weighted by atomic mass is 10.0. The van der Waals surface area contributed by atoms with Gasteiger partial charge in [0, 0.05) is 12.5 Å². The number of aliphatic hydroxyl groups is 1. The molecule has 1 heterocycles. The van der Waals surface area contributed by atoms with Gasteiger partial charge in [-0.2, -0.15) is 0 Å². The third-order valence-corrected chi connectivity index (χ3v) is 3.55. The van der Waals surface area contributed by atoms with Crippen LogP contribution in [0.3, 0.4) is 0 Å². The van der Waals surface area contributed by atoms with E-state index >= 15 is 0 Å². The maximum absolute atomic E-state index is 10.0. The van der Waals surface area contributed by atoms with E-state index in [2.05, 4.69) is 6.92 Å². The summed E-state index contributed by atoms with van der Waals surface area (Å²) in [7, 11) is 1.63. The fourth-order valence-electron chi connectivity index (χ4n) is 2.22. The van der Waals surface area contributed by atoms with Crippen molar-refractivity contribution in [2.24, 2.45) is 5.92 Å². The van der Waals surface area contributed by atoms with E-state index in [4.69, 9.17) is 14.2 Å². The van der Waals surface area contributed by atoms with Crippen LogP contribution in [0.1, 0.15) is 18.9 Å². The normalized spacial score (nSPS) is 20.3. The minimum absolute atomic E-state index is 0.181. The van der Waals surface area contributed by atoms with Gasteiger partial charge in [0.25, 0.3) is 0 Å². The van der Waals surface area contributed by atoms with Crippen molar-refractivity contribution in [3.05, 3.63) is 23.8 Å². The summed E-state index contributed by atoms with van der Waals surface area (Å²) in [6, 6.07) is 5.89. The van der Waals surface area contributed by atoms with Crippen LogP contribution in [0, 0.1) is 5.92 Å². The van der Waals surface area contributed by atoms with Crippen LogP contribution in [0.5, 0.6) is 11.5 Å². The predicted octanol–water partition coefficient (Wildman–Crippen LogP) is 2.03. The van der Waals surface area contributed by atoms with E-state index < -0.39 is 6.10 Å². The molecule has 0 aromatic heterocycles. The van der Waals surface area contributed by atoms with Gasteiger partial charge in [0.05, 0.1) is 19.8 Å². The van der Waals surface area contributed by atoms with Gasteiger partial charge in [0.1, 0.15) is 6.61 Å². The molecule has 0 aliphatic carbocycles. The number of rotatable bonds is 6. The molecule has 1 N–H and O–H groups in total. The predicted molar refractivity (Wildman–Crippen MR) is 72.8 cm³/mol. The van der Waals surface area contributed by atoms with Crippen LogP contribution in [-0.4, -0.2) is 38.1 Å². The summed E-state index contributed by atoms with van der Waals surface area (Å²) in [4.78, 5) is 0. The summed E-state index contributed by atoms with van der Waals surface area (Å²) in [5.74, 6) is 1.58. The highest BCUT2D eigenvalue weighted by Gasteiger charge is 2.24. The molecule has 4 nitrogen and oxygen atoms in total. The Kier molecular flexibility index (Phi) is 5.05. The zero-order valence-electron chi connectivity index (χ0n) is 11.6. The molecule has 1 fully saturated rings. The number of aliphatic hydroxyl groups excluding tert-OH is 1. The van der Waals surface area contributed by atoms with Crippen molar-refractivity contribution >= 4 is 0 Å². The van der Waals surface area contributed by atoms with Gasteiger partial charge in [-0.25, -0.2) is 0 Å². The van der Waals surface area contributed by atoms with E-state index in [-0.39, 0.29) is 12.5 Å². The van der Waals surface area contributed by atoms with Crippen molar-refractivity contribution in [2.45, 2.75) is 25.9 Å². The minimum atomic E-state index is -0.488. The Morgan fingerprint density at radius 2 is 2.26 bits per heavy atom. The summed E-state index contributed by atoms with van der Waals surface area (Å²) in [6.45, 7) is 3.72. The molecule has 1 aromatic carbocycles. The number of ether oxygens (including phenoxy) is 3. The molecule has 1 aliphatic rings. The van der Waals surface area contributed by atoms with Crippen LogP contribution in [-0.2, 0) is 11.2 Å². The van der Waals surface area contributed by atoms with Crippen molar-refractivity contribution < 1.29 is 19.3 Å². The third-order valence-electron chi connectivity index (χ3n) is 3.55. The van der Waals surface area contributed by atoms with E-state index in [0.29, 0.717) is 18.1 Å². The van der Waals surface area contributed by atoms with Crippen molar-refractivity contribution in [3.63, 3.8) is 0 Å². The van der Waals surface area contributed by atoms with Crippen molar-refractivity contribution in [2.75, 3.05) is 26.9 Å². The molecular formula is C15H22O4. The van der Waals surface area contributed by atoms with Gasteiger partial charge in [-0.15, -0.1) is 0 Å². The number of hydrogen-bond donors (Lipinski definition) is 1. The Hall–Kier alpha value is -1.26. The first-order valence-electron chi connectivity index (χ1n) is 6.80. The first-order chi connectivity index (χ1) is 9.24. The Labute approximate surface area is 114 Å². The molecule has 0 bridgehead atoms.